The number of aromatic nitrogens is 1. The molecule has 0 amide bonds. The quantitative estimate of drug-likeness (QED) is 0.631. The molecule has 0 saturated heterocycles. The fourth-order valence-corrected chi connectivity index (χ4v) is 0.851. The fraction of sp³-hybridized carbons (Fsp3) is 0.333. The smallest absolute Gasteiger partial charge is 0.183 e. The van der Waals surface area contributed by atoms with Crippen LogP contribution in [-0.2, 0) is 4.74 Å². The van der Waals surface area contributed by atoms with E-state index in [-0.39, 0.29) is 5.78 Å². The van der Waals surface area contributed by atoms with Gasteiger partial charge in [-0.05, 0) is 12.1 Å². The lowest BCUT2D eigenvalue weighted by Gasteiger charge is -1.97. The fourth-order valence-electron chi connectivity index (χ4n) is 0.851. The van der Waals surface area contributed by atoms with Gasteiger partial charge in [-0.15, -0.1) is 0 Å². The Bertz CT molecular complexity index is 246. The molecule has 64 valence electrons. The number of rotatable bonds is 4. The standard InChI is InChI=1S/C9H11NO2/c1-12-7-5-9(11)8-4-2-3-6-10-8/h2-4,6H,5,7H2,1H3. The molecule has 0 aromatic carbocycles. The van der Waals surface area contributed by atoms with Crippen LogP contribution < -0.4 is 0 Å². The van der Waals surface area contributed by atoms with E-state index in [9.17, 15) is 4.79 Å². The molecule has 0 unspecified atom stereocenters. The third kappa shape index (κ3) is 2.43. The average Bonchev–Trinajstić information content (AvgIpc) is 2.15. The third-order valence-electron chi connectivity index (χ3n) is 1.48. The van der Waals surface area contributed by atoms with Crippen molar-refractivity contribution in [1.29, 1.82) is 0 Å². The minimum absolute atomic E-state index is 0.0254. The number of nitrogens with zero attached hydrogens (tertiary/aromatic N) is 1. The number of carbonyl (C=O) groups is 1. The summed E-state index contributed by atoms with van der Waals surface area (Å²) in [6.07, 6.45) is 2.01. The Balaban J connectivity index is 2.54. The number of ether oxygens (including phenoxy) is 1. The summed E-state index contributed by atoms with van der Waals surface area (Å²) < 4.78 is 4.79. The maximum Gasteiger partial charge on any atom is 0.183 e. The monoisotopic (exact) mass is 165 g/mol. The predicted octanol–water partition coefficient (Wildman–Crippen LogP) is 1.30. The Morgan fingerprint density at radius 2 is 2.42 bits per heavy atom. The van der Waals surface area contributed by atoms with E-state index in [0.717, 1.165) is 0 Å². The molecule has 3 heteroatoms. The molecule has 1 aromatic rings. The molecule has 0 aliphatic heterocycles. The van der Waals surface area contributed by atoms with E-state index in [4.69, 9.17) is 4.74 Å². The highest BCUT2D eigenvalue weighted by Crippen LogP contribution is 1.98. The lowest BCUT2D eigenvalue weighted by Crippen LogP contribution is -2.04. The summed E-state index contributed by atoms with van der Waals surface area (Å²) in [6.45, 7) is 0.454. The molecule has 0 fully saturated rings. The molecule has 0 N–H and O–H groups in total. The molecule has 0 saturated carbocycles. The molecule has 0 radical (unpaired) electrons. The second kappa shape index (κ2) is 4.62. The van der Waals surface area contributed by atoms with E-state index in [2.05, 4.69) is 4.98 Å². The van der Waals surface area contributed by atoms with Crippen molar-refractivity contribution < 1.29 is 9.53 Å². The second-order valence-electron chi connectivity index (χ2n) is 2.38. The zero-order valence-corrected chi connectivity index (χ0v) is 6.99. The maximum absolute atomic E-state index is 11.3. The summed E-state index contributed by atoms with van der Waals surface area (Å²) >= 11 is 0. The first kappa shape index (κ1) is 8.87. The summed E-state index contributed by atoms with van der Waals surface area (Å²) in [5, 5.41) is 0. The first-order chi connectivity index (χ1) is 5.84. The van der Waals surface area contributed by atoms with Crippen molar-refractivity contribution in [3.05, 3.63) is 30.1 Å². The van der Waals surface area contributed by atoms with E-state index >= 15 is 0 Å². The van der Waals surface area contributed by atoms with Gasteiger partial charge in [0.25, 0.3) is 0 Å². The molecule has 0 atom stereocenters. The Labute approximate surface area is 71.4 Å². The van der Waals surface area contributed by atoms with Crippen LogP contribution >= 0.6 is 0 Å². The normalized spacial score (nSPS) is 9.75. The SMILES string of the molecule is COCCC(=O)c1ccccn1. The van der Waals surface area contributed by atoms with Crippen LogP contribution in [0.4, 0.5) is 0 Å². The third-order valence-corrected chi connectivity index (χ3v) is 1.48. The van der Waals surface area contributed by atoms with Crippen LogP contribution in [0, 0.1) is 0 Å². The highest BCUT2D eigenvalue weighted by molar-refractivity contribution is 5.94. The average molecular weight is 165 g/mol. The number of pyridine rings is 1. The van der Waals surface area contributed by atoms with Gasteiger partial charge in [0.05, 0.1) is 6.61 Å². The summed E-state index contributed by atoms with van der Waals surface area (Å²) in [5.74, 6) is 0.0254. The largest absolute Gasteiger partial charge is 0.384 e. The van der Waals surface area contributed by atoms with Gasteiger partial charge in [-0.25, -0.2) is 0 Å². The molecule has 3 nitrogen and oxygen atoms in total. The molecule has 12 heavy (non-hydrogen) atoms. The molecule has 0 aliphatic rings. The van der Waals surface area contributed by atoms with Gasteiger partial charge in [-0.2, -0.15) is 0 Å². The molecule has 1 aromatic heterocycles. The second-order valence-corrected chi connectivity index (χ2v) is 2.38. The topological polar surface area (TPSA) is 39.2 Å². The minimum Gasteiger partial charge on any atom is -0.384 e. The van der Waals surface area contributed by atoms with Crippen LogP contribution in [0.5, 0.6) is 0 Å². The van der Waals surface area contributed by atoms with Crippen molar-refractivity contribution in [3.8, 4) is 0 Å². The molecule has 0 bridgehead atoms. The minimum atomic E-state index is 0.0254. The van der Waals surface area contributed by atoms with Crippen molar-refractivity contribution in [2.24, 2.45) is 0 Å². The summed E-state index contributed by atoms with van der Waals surface area (Å²) in [4.78, 5) is 15.2. The van der Waals surface area contributed by atoms with E-state index in [1.807, 2.05) is 0 Å². The maximum atomic E-state index is 11.3. The molecule has 0 aliphatic carbocycles. The van der Waals surface area contributed by atoms with Crippen LogP contribution in [0.3, 0.4) is 0 Å². The number of carbonyl (C=O) groups excluding carboxylic acids is 1. The van der Waals surface area contributed by atoms with Crippen molar-refractivity contribution in [2.75, 3.05) is 13.7 Å². The van der Waals surface area contributed by atoms with E-state index in [0.29, 0.717) is 18.7 Å². The molecular formula is C9H11NO2. The highest BCUT2D eigenvalue weighted by Gasteiger charge is 2.04. The van der Waals surface area contributed by atoms with Gasteiger partial charge in [0.15, 0.2) is 5.78 Å². The van der Waals surface area contributed by atoms with Crippen molar-refractivity contribution in [2.45, 2.75) is 6.42 Å². The first-order valence-electron chi connectivity index (χ1n) is 3.78. The number of hydrogen-bond donors (Lipinski definition) is 0. The number of methoxy groups -OCH3 is 1. The lowest BCUT2D eigenvalue weighted by molar-refractivity contribution is 0.0927. The van der Waals surface area contributed by atoms with Crippen LogP contribution in [0.15, 0.2) is 24.4 Å². The van der Waals surface area contributed by atoms with Gasteiger partial charge in [0, 0.05) is 19.7 Å². The number of hydrogen-bond acceptors (Lipinski definition) is 3. The van der Waals surface area contributed by atoms with E-state index in [1.54, 1.807) is 31.5 Å². The summed E-state index contributed by atoms with van der Waals surface area (Å²) in [6, 6.07) is 5.29. The Morgan fingerprint density at radius 1 is 1.58 bits per heavy atom. The molecule has 0 spiro atoms. The van der Waals surface area contributed by atoms with Gasteiger partial charge in [-0.3, -0.25) is 9.78 Å². The molecular weight excluding hydrogens is 154 g/mol. The van der Waals surface area contributed by atoms with Gasteiger partial charge in [-0.1, -0.05) is 6.07 Å². The number of ketones is 1. The van der Waals surface area contributed by atoms with Crippen molar-refractivity contribution >= 4 is 5.78 Å². The highest BCUT2D eigenvalue weighted by atomic mass is 16.5. The van der Waals surface area contributed by atoms with E-state index < -0.39 is 0 Å². The van der Waals surface area contributed by atoms with Gasteiger partial charge in [0.2, 0.25) is 0 Å². The van der Waals surface area contributed by atoms with Crippen LogP contribution in [0.2, 0.25) is 0 Å². The first-order valence-corrected chi connectivity index (χ1v) is 3.78. The molecule has 1 heterocycles. The zero-order chi connectivity index (χ0) is 8.81. The van der Waals surface area contributed by atoms with Gasteiger partial charge >= 0.3 is 0 Å². The Kier molecular flexibility index (Phi) is 3.41. The summed E-state index contributed by atoms with van der Waals surface area (Å²) in [7, 11) is 1.58. The number of Topliss-reactive ketones (excluding diaryl/α,β-unsaturated/α-hetero) is 1. The van der Waals surface area contributed by atoms with Crippen LogP contribution in [0.25, 0.3) is 0 Å². The van der Waals surface area contributed by atoms with Gasteiger partial charge in [0.1, 0.15) is 5.69 Å². The zero-order valence-electron chi connectivity index (χ0n) is 6.99. The van der Waals surface area contributed by atoms with Crippen molar-refractivity contribution in [1.82, 2.24) is 4.98 Å². The van der Waals surface area contributed by atoms with E-state index in [1.165, 1.54) is 0 Å². The Hall–Kier alpha value is -1.22. The van der Waals surface area contributed by atoms with Crippen LogP contribution in [-0.4, -0.2) is 24.5 Å². The summed E-state index contributed by atoms with van der Waals surface area (Å²) in [5.41, 5.74) is 0.509. The molecule has 1 rings (SSSR count). The van der Waals surface area contributed by atoms with Crippen LogP contribution in [0.1, 0.15) is 16.9 Å². The predicted molar refractivity (Wildman–Crippen MR) is 45.1 cm³/mol. The lowest BCUT2D eigenvalue weighted by atomic mass is 10.2. The van der Waals surface area contributed by atoms with Gasteiger partial charge < -0.3 is 4.74 Å². The Morgan fingerprint density at radius 3 is 3.00 bits per heavy atom. The van der Waals surface area contributed by atoms with Crippen molar-refractivity contribution in [3.63, 3.8) is 0 Å².